The van der Waals surface area contributed by atoms with Crippen LogP contribution in [0.25, 0.3) is 0 Å². The van der Waals surface area contributed by atoms with Crippen LogP contribution < -0.4 is 0 Å². The van der Waals surface area contributed by atoms with E-state index in [-0.39, 0.29) is 11.9 Å². The fourth-order valence-electron chi connectivity index (χ4n) is 3.41. The number of hydrogen-bond donors (Lipinski definition) is 0. The maximum absolute atomic E-state index is 13.1. The van der Waals surface area contributed by atoms with E-state index in [1.54, 1.807) is 46.1 Å². The van der Waals surface area contributed by atoms with E-state index in [0.717, 1.165) is 0 Å². The Balaban J connectivity index is 1.91. The van der Waals surface area contributed by atoms with Crippen molar-refractivity contribution in [2.75, 3.05) is 32.7 Å². The molecule has 3 rings (SSSR count). The lowest BCUT2D eigenvalue weighted by molar-refractivity contribution is 0.0633. The number of pyridine rings is 1. The Morgan fingerprint density at radius 2 is 2.07 bits per heavy atom. The van der Waals surface area contributed by atoms with Gasteiger partial charge in [0.25, 0.3) is 11.8 Å². The van der Waals surface area contributed by atoms with E-state index in [1.165, 1.54) is 0 Å². The summed E-state index contributed by atoms with van der Waals surface area (Å²) in [5.74, 6) is 0.676. The number of rotatable bonds is 4. The van der Waals surface area contributed by atoms with Crippen LogP contribution in [0, 0.1) is 6.92 Å². The first-order valence-corrected chi connectivity index (χ1v) is 9.60. The summed E-state index contributed by atoms with van der Waals surface area (Å²) in [6.45, 7) is 8.27. The van der Waals surface area contributed by atoms with Crippen molar-refractivity contribution in [3.8, 4) is 0 Å². The Labute approximate surface area is 164 Å². The normalized spacial score (nSPS) is 17.3. The van der Waals surface area contributed by atoms with Crippen molar-refractivity contribution < 1.29 is 14.1 Å². The van der Waals surface area contributed by atoms with Crippen molar-refractivity contribution >= 4 is 11.9 Å². The third-order valence-corrected chi connectivity index (χ3v) is 4.90. The highest BCUT2D eigenvalue weighted by Crippen LogP contribution is 2.26. The Morgan fingerprint density at radius 3 is 2.68 bits per heavy atom. The van der Waals surface area contributed by atoms with Gasteiger partial charge in [0.1, 0.15) is 6.04 Å². The first-order valence-electron chi connectivity index (χ1n) is 9.60. The maximum Gasteiger partial charge on any atom is 0.320 e. The smallest absolute Gasteiger partial charge is 0.320 e. The first kappa shape index (κ1) is 19.8. The van der Waals surface area contributed by atoms with Gasteiger partial charge >= 0.3 is 6.03 Å². The Hall–Kier alpha value is -2.97. The Kier molecular flexibility index (Phi) is 6.23. The molecule has 1 unspecified atom stereocenters. The lowest BCUT2D eigenvalue weighted by Crippen LogP contribution is -2.46. The zero-order chi connectivity index (χ0) is 20.1. The molecule has 0 aromatic carbocycles. The summed E-state index contributed by atoms with van der Waals surface area (Å²) in [6, 6.07) is 2.92. The van der Waals surface area contributed by atoms with Gasteiger partial charge in [-0.3, -0.25) is 9.78 Å². The molecule has 0 saturated carbocycles. The summed E-state index contributed by atoms with van der Waals surface area (Å²) in [5, 5.41) is 3.88. The summed E-state index contributed by atoms with van der Waals surface area (Å²) in [7, 11) is 0. The van der Waals surface area contributed by atoms with E-state index in [2.05, 4.69) is 15.1 Å². The van der Waals surface area contributed by atoms with Crippen LogP contribution in [-0.4, -0.2) is 74.5 Å². The van der Waals surface area contributed by atoms with Crippen molar-refractivity contribution in [3.05, 3.63) is 41.8 Å². The molecule has 0 bridgehead atoms. The zero-order valence-corrected chi connectivity index (χ0v) is 16.5. The van der Waals surface area contributed by atoms with Crippen molar-refractivity contribution in [2.24, 2.45) is 0 Å². The summed E-state index contributed by atoms with van der Waals surface area (Å²) in [5.41, 5.74) is 0.493. The van der Waals surface area contributed by atoms with Crippen LogP contribution in [0.15, 0.2) is 29.0 Å². The fraction of sp³-hybridized carbons (Fsp3) is 0.526. The molecule has 3 heterocycles. The number of aryl methyl sites for hydroxylation is 1. The second-order valence-electron chi connectivity index (χ2n) is 6.69. The van der Waals surface area contributed by atoms with Gasteiger partial charge < -0.3 is 19.2 Å². The van der Waals surface area contributed by atoms with Gasteiger partial charge in [0, 0.05) is 38.6 Å². The van der Waals surface area contributed by atoms with Crippen LogP contribution in [0.4, 0.5) is 4.79 Å². The molecule has 9 heteroatoms. The standard InChI is InChI=1S/C19H26N6O3/c1-4-23(5-2)19(27)24-10-7-11-25(18(26)15-8-6-9-20-12-15)16(13-24)17-21-14(3)22-28-17/h6,8-9,12,16H,4-5,7,10-11,13H2,1-3H3. The van der Waals surface area contributed by atoms with Gasteiger partial charge in [-0.2, -0.15) is 4.98 Å². The Morgan fingerprint density at radius 1 is 1.29 bits per heavy atom. The predicted molar refractivity (Wildman–Crippen MR) is 102 cm³/mol. The summed E-state index contributed by atoms with van der Waals surface area (Å²) in [6.07, 6.45) is 3.84. The molecule has 0 N–H and O–H groups in total. The average molecular weight is 386 g/mol. The lowest BCUT2D eigenvalue weighted by Gasteiger charge is -2.31. The minimum absolute atomic E-state index is 0.0399. The molecule has 150 valence electrons. The quantitative estimate of drug-likeness (QED) is 0.799. The van der Waals surface area contributed by atoms with E-state index in [0.29, 0.717) is 56.4 Å². The molecule has 1 saturated heterocycles. The number of carbonyl (C=O) groups is 2. The van der Waals surface area contributed by atoms with Gasteiger partial charge in [-0.1, -0.05) is 5.16 Å². The van der Waals surface area contributed by atoms with Crippen LogP contribution in [0.2, 0.25) is 0 Å². The number of hydrogen-bond acceptors (Lipinski definition) is 6. The largest absolute Gasteiger partial charge is 0.337 e. The molecule has 1 fully saturated rings. The molecule has 0 aliphatic carbocycles. The second kappa shape index (κ2) is 8.81. The zero-order valence-electron chi connectivity index (χ0n) is 16.5. The van der Waals surface area contributed by atoms with Crippen molar-refractivity contribution in [3.63, 3.8) is 0 Å². The van der Waals surface area contributed by atoms with E-state index in [9.17, 15) is 9.59 Å². The molecule has 2 aromatic rings. The molecular formula is C19H26N6O3. The molecule has 0 spiro atoms. The summed E-state index contributed by atoms with van der Waals surface area (Å²) >= 11 is 0. The number of carbonyl (C=O) groups excluding carboxylic acids is 2. The van der Waals surface area contributed by atoms with Crippen LogP contribution in [0.1, 0.15) is 48.4 Å². The molecule has 28 heavy (non-hydrogen) atoms. The highest BCUT2D eigenvalue weighted by Gasteiger charge is 2.36. The summed E-state index contributed by atoms with van der Waals surface area (Å²) in [4.78, 5) is 39.7. The van der Waals surface area contributed by atoms with E-state index < -0.39 is 6.04 Å². The van der Waals surface area contributed by atoms with E-state index in [1.807, 2.05) is 13.8 Å². The molecule has 9 nitrogen and oxygen atoms in total. The number of nitrogens with zero attached hydrogens (tertiary/aromatic N) is 6. The number of aromatic nitrogens is 3. The third kappa shape index (κ3) is 4.13. The number of amides is 3. The Bertz CT molecular complexity index is 805. The van der Waals surface area contributed by atoms with Crippen LogP contribution in [-0.2, 0) is 0 Å². The molecule has 2 aromatic heterocycles. The average Bonchev–Trinajstić information content (AvgIpc) is 3.03. The van der Waals surface area contributed by atoms with Crippen LogP contribution in [0.3, 0.4) is 0 Å². The summed E-state index contributed by atoms with van der Waals surface area (Å²) < 4.78 is 5.39. The maximum atomic E-state index is 13.1. The molecule has 1 aliphatic heterocycles. The fourth-order valence-corrected chi connectivity index (χ4v) is 3.41. The molecule has 3 amide bonds. The van der Waals surface area contributed by atoms with Gasteiger partial charge in [-0.05, 0) is 39.3 Å². The molecule has 0 radical (unpaired) electrons. The topological polar surface area (TPSA) is 95.7 Å². The van der Waals surface area contributed by atoms with Crippen LogP contribution >= 0.6 is 0 Å². The van der Waals surface area contributed by atoms with Gasteiger partial charge in [0.05, 0.1) is 12.1 Å². The van der Waals surface area contributed by atoms with Gasteiger partial charge in [-0.15, -0.1) is 0 Å². The first-order chi connectivity index (χ1) is 13.5. The van der Waals surface area contributed by atoms with Gasteiger partial charge in [-0.25, -0.2) is 4.79 Å². The third-order valence-electron chi connectivity index (χ3n) is 4.90. The minimum atomic E-state index is -0.504. The minimum Gasteiger partial charge on any atom is -0.337 e. The van der Waals surface area contributed by atoms with Crippen molar-refractivity contribution in [2.45, 2.75) is 33.2 Å². The highest BCUT2D eigenvalue weighted by atomic mass is 16.5. The van der Waals surface area contributed by atoms with Crippen molar-refractivity contribution in [1.29, 1.82) is 0 Å². The number of urea groups is 1. The predicted octanol–water partition coefficient (Wildman–Crippen LogP) is 2.12. The lowest BCUT2D eigenvalue weighted by atomic mass is 10.1. The van der Waals surface area contributed by atoms with E-state index in [4.69, 9.17) is 4.52 Å². The molecule has 1 aliphatic rings. The SMILES string of the molecule is CCN(CC)C(=O)N1CCCN(C(=O)c2cccnc2)C(c2nc(C)no2)C1. The van der Waals surface area contributed by atoms with E-state index >= 15 is 0 Å². The molecule has 1 atom stereocenters. The van der Waals surface area contributed by atoms with Gasteiger partial charge in [0.2, 0.25) is 0 Å². The second-order valence-corrected chi connectivity index (χ2v) is 6.69. The van der Waals surface area contributed by atoms with Crippen molar-refractivity contribution in [1.82, 2.24) is 29.8 Å². The molecular weight excluding hydrogens is 360 g/mol. The monoisotopic (exact) mass is 386 g/mol. The highest BCUT2D eigenvalue weighted by molar-refractivity contribution is 5.94. The van der Waals surface area contributed by atoms with Gasteiger partial charge in [0.15, 0.2) is 5.82 Å². The van der Waals surface area contributed by atoms with Crippen LogP contribution in [0.5, 0.6) is 0 Å².